The molecule has 3 heteroatoms. The molecule has 0 aromatic heterocycles. The Morgan fingerprint density at radius 2 is 1.10 bits per heavy atom. The van der Waals surface area contributed by atoms with Gasteiger partial charge in [-0.05, 0) is 0 Å². The van der Waals surface area contributed by atoms with Crippen LogP contribution < -0.4 is 20.7 Å². The Hall–Kier alpha value is -2.93. The zero-order valence-corrected chi connectivity index (χ0v) is 18.1. The molecule has 0 aliphatic carbocycles. The van der Waals surface area contributed by atoms with Crippen LogP contribution in [0.1, 0.15) is 12.5 Å². The molecule has 0 bridgehead atoms. The average Bonchev–Trinajstić information content (AvgIpc) is 2.81. The van der Waals surface area contributed by atoms with E-state index in [2.05, 4.69) is 36.4 Å². The molecule has 152 valence electrons. The van der Waals surface area contributed by atoms with Gasteiger partial charge in [0.1, 0.15) is 0 Å². The molecule has 0 aliphatic heterocycles. The van der Waals surface area contributed by atoms with Crippen molar-refractivity contribution < 1.29 is 9.63 Å². The van der Waals surface area contributed by atoms with Gasteiger partial charge in [-0.25, -0.2) is 0 Å². The van der Waals surface area contributed by atoms with Gasteiger partial charge in [0.05, 0.1) is 0 Å². The predicted octanol–water partition coefficient (Wildman–Crippen LogP) is 5.02. The first-order valence-corrected chi connectivity index (χ1v) is 12.7. The zero-order chi connectivity index (χ0) is 20.9. The van der Waals surface area contributed by atoms with Crippen LogP contribution in [0.4, 0.5) is 0 Å². The number of rotatable bonds is 7. The fraction of sp³-hybridized carbons (Fsp3) is 0.111. The number of hydrogen-bond acceptors (Lipinski definition) is 2. The molecule has 30 heavy (non-hydrogen) atoms. The molecule has 0 aliphatic rings. The third-order valence-electron chi connectivity index (χ3n) is 5.64. The molecular formula is C27H27O2P. The van der Waals surface area contributed by atoms with Crippen molar-refractivity contribution in [2.45, 2.75) is 13.1 Å². The Balaban J connectivity index is 2.13. The van der Waals surface area contributed by atoms with E-state index in [9.17, 15) is 4.89 Å². The molecule has 0 spiro atoms. The van der Waals surface area contributed by atoms with Crippen LogP contribution in [0.25, 0.3) is 0 Å². The predicted molar refractivity (Wildman–Crippen MR) is 129 cm³/mol. The molecule has 0 atom stereocenters. The molecule has 4 aromatic rings. The summed E-state index contributed by atoms with van der Waals surface area (Å²) in [7, 11) is 0. The van der Waals surface area contributed by atoms with E-state index in [1.54, 1.807) is 0 Å². The molecule has 0 unspecified atom stereocenters. The zero-order valence-electron chi connectivity index (χ0n) is 17.2. The number of ether oxygens (including phenoxy) is 1. The minimum absolute atomic E-state index is 0.505. The van der Waals surface area contributed by atoms with Crippen molar-refractivity contribution in [2.75, 3.05) is 6.61 Å². The first-order chi connectivity index (χ1) is 14.7. The summed E-state index contributed by atoms with van der Waals surface area (Å²) in [6.07, 6.45) is 0.505. The number of para-hydroxylation sites is 1. The summed E-state index contributed by atoms with van der Waals surface area (Å²) < 4.78 is 6.06. The van der Waals surface area contributed by atoms with Crippen molar-refractivity contribution in [1.82, 2.24) is 0 Å². The fourth-order valence-electron chi connectivity index (χ4n) is 4.26. The Kier molecular flexibility index (Phi) is 5.72. The molecule has 0 heterocycles. The number of hydrogen-bond donors (Lipinski definition) is 1. The van der Waals surface area contributed by atoms with Gasteiger partial charge < -0.3 is 0 Å². The second kappa shape index (κ2) is 8.44. The monoisotopic (exact) mass is 414 g/mol. The van der Waals surface area contributed by atoms with Crippen molar-refractivity contribution >= 4 is 22.7 Å². The molecule has 4 aromatic carbocycles. The molecule has 0 saturated heterocycles. The first-order valence-electron chi connectivity index (χ1n) is 10.3. The van der Waals surface area contributed by atoms with E-state index in [1.165, 1.54) is 0 Å². The molecule has 0 fully saturated rings. The third-order valence-corrected chi connectivity index (χ3v) is 10.9. The Bertz CT molecular complexity index is 1060. The van der Waals surface area contributed by atoms with Crippen LogP contribution in [0.15, 0.2) is 115 Å². The van der Waals surface area contributed by atoms with E-state index in [-0.39, 0.29) is 0 Å². The van der Waals surface area contributed by atoms with E-state index >= 15 is 0 Å². The van der Waals surface area contributed by atoms with Crippen LogP contribution in [0.3, 0.4) is 0 Å². The van der Waals surface area contributed by atoms with E-state index in [0.717, 1.165) is 27.2 Å². The molecule has 1 N–H and O–H groups in total. The van der Waals surface area contributed by atoms with E-state index in [0.29, 0.717) is 12.8 Å². The van der Waals surface area contributed by atoms with Crippen molar-refractivity contribution in [3.8, 4) is 5.75 Å². The summed E-state index contributed by atoms with van der Waals surface area (Å²) in [5.74, 6) is 0.740. The number of benzene rings is 4. The second-order valence-electron chi connectivity index (χ2n) is 7.47. The Labute approximate surface area is 178 Å². The van der Waals surface area contributed by atoms with Crippen LogP contribution in [0.5, 0.6) is 5.75 Å². The van der Waals surface area contributed by atoms with Gasteiger partial charge in [0, 0.05) is 0 Å². The summed E-state index contributed by atoms with van der Waals surface area (Å²) in [5, 5.41) is 2.74. The molecule has 0 amide bonds. The van der Waals surface area contributed by atoms with Crippen molar-refractivity contribution in [3.05, 3.63) is 121 Å². The second-order valence-corrected chi connectivity index (χ2v) is 11.8. The van der Waals surface area contributed by atoms with E-state index in [1.807, 2.05) is 85.8 Å². The normalized spacial score (nSPS) is 12.7. The van der Waals surface area contributed by atoms with Gasteiger partial charge in [-0.2, -0.15) is 0 Å². The van der Waals surface area contributed by atoms with E-state index < -0.39 is 6.83 Å². The molecule has 0 radical (unpaired) electrons. The van der Waals surface area contributed by atoms with Gasteiger partial charge in [-0.1, -0.05) is 0 Å². The standard InChI is InChI=1S/C27H27O2P/c1-2-29-26-20-12-13-21-27(26)30(28,24-16-8-4-9-17-24,25-18-10-5-11-19-25)22-23-14-6-3-7-15-23/h3-21,28H,2,22H2,1H3. The van der Waals surface area contributed by atoms with Crippen LogP contribution in [0.2, 0.25) is 0 Å². The van der Waals surface area contributed by atoms with Crippen molar-refractivity contribution in [2.24, 2.45) is 0 Å². The fourth-order valence-corrected chi connectivity index (χ4v) is 9.23. The van der Waals surface area contributed by atoms with Crippen molar-refractivity contribution in [3.63, 3.8) is 0 Å². The van der Waals surface area contributed by atoms with Crippen LogP contribution in [-0.4, -0.2) is 11.5 Å². The molecular weight excluding hydrogens is 387 g/mol. The van der Waals surface area contributed by atoms with Gasteiger partial charge in [0.15, 0.2) is 0 Å². The SMILES string of the molecule is CCOc1ccccc1P(O)(Cc1ccccc1)(c1ccccc1)c1ccccc1. The van der Waals surface area contributed by atoms with Crippen LogP contribution in [0, 0.1) is 0 Å². The van der Waals surface area contributed by atoms with Crippen molar-refractivity contribution in [1.29, 1.82) is 0 Å². The topological polar surface area (TPSA) is 29.5 Å². The van der Waals surface area contributed by atoms with Gasteiger partial charge >= 0.3 is 179 Å². The molecule has 4 rings (SSSR count). The summed E-state index contributed by atoms with van der Waals surface area (Å²) in [6, 6.07) is 38.4. The van der Waals surface area contributed by atoms with Gasteiger partial charge in [0.2, 0.25) is 0 Å². The quantitative estimate of drug-likeness (QED) is 0.430. The van der Waals surface area contributed by atoms with Crippen LogP contribution >= 0.6 is 6.83 Å². The Morgan fingerprint density at radius 3 is 1.63 bits per heavy atom. The maximum absolute atomic E-state index is 13.3. The summed E-state index contributed by atoms with van der Waals surface area (Å²) >= 11 is 0. The molecule has 0 saturated carbocycles. The van der Waals surface area contributed by atoms with Gasteiger partial charge in [-0.3, -0.25) is 0 Å². The summed E-state index contributed by atoms with van der Waals surface area (Å²) in [4.78, 5) is 13.3. The maximum atomic E-state index is 13.3. The average molecular weight is 414 g/mol. The van der Waals surface area contributed by atoms with Gasteiger partial charge in [0.25, 0.3) is 0 Å². The van der Waals surface area contributed by atoms with Gasteiger partial charge in [-0.15, -0.1) is 0 Å². The summed E-state index contributed by atoms with van der Waals surface area (Å²) in [6.45, 7) is -1.37. The third kappa shape index (κ3) is 3.43. The first kappa shape index (κ1) is 20.3. The van der Waals surface area contributed by atoms with Crippen LogP contribution in [-0.2, 0) is 6.16 Å². The Morgan fingerprint density at radius 1 is 0.633 bits per heavy atom. The minimum atomic E-state index is -3.89. The molecule has 2 nitrogen and oxygen atoms in total. The summed E-state index contributed by atoms with van der Waals surface area (Å²) in [5.41, 5.74) is 1.09. The van der Waals surface area contributed by atoms with E-state index in [4.69, 9.17) is 4.74 Å².